The molecule has 0 bridgehead atoms. The average molecular weight is 636 g/mol. The van der Waals surface area contributed by atoms with Crippen molar-refractivity contribution in [1.29, 1.82) is 5.41 Å². The normalized spacial score (nSPS) is 10.3. The smallest absolute Gasteiger partial charge is 0.387 e. The number of aryl methyl sites for hydroxylation is 2. The monoisotopic (exact) mass is 634 g/mol. The summed E-state index contributed by atoms with van der Waals surface area (Å²) in [4.78, 5) is 3.97. The quantitative estimate of drug-likeness (QED) is 0.197. The van der Waals surface area contributed by atoms with Gasteiger partial charge < -0.3 is 10.1 Å². The highest BCUT2D eigenvalue weighted by atomic mass is 79.9. The Morgan fingerprint density at radius 1 is 1.03 bits per heavy atom. The highest BCUT2D eigenvalue weighted by molar-refractivity contribution is 9.10. The van der Waals surface area contributed by atoms with Crippen molar-refractivity contribution in [3.05, 3.63) is 56.8 Å². The molecular formula is C32H54BrClF2N2O. The summed E-state index contributed by atoms with van der Waals surface area (Å²) in [5.74, 6) is 1.22. The van der Waals surface area contributed by atoms with E-state index in [-0.39, 0.29) is 5.75 Å². The minimum absolute atomic E-state index is 0.269. The molecular weight excluding hydrogens is 582 g/mol. The van der Waals surface area contributed by atoms with Crippen LogP contribution in [-0.4, -0.2) is 17.3 Å². The van der Waals surface area contributed by atoms with Gasteiger partial charge in [-0.05, 0) is 61.1 Å². The van der Waals surface area contributed by atoms with Gasteiger partial charge in [0.05, 0.1) is 0 Å². The van der Waals surface area contributed by atoms with Crippen LogP contribution in [0.1, 0.15) is 124 Å². The van der Waals surface area contributed by atoms with Crippen molar-refractivity contribution in [3.8, 4) is 5.75 Å². The van der Waals surface area contributed by atoms with Crippen molar-refractivity contribution >= 4 is 33.2 Å². The van der Waals surface area contributed by atoms with Crippen LogP contribution < -0.4 is 4.74 Å². The molecule has 0 aliphatic heterocycles. The van der Waals surface area contributed by atoms with Crippen molar-refractivity contribution in [3.63, 3.8) is 0 Å². The minimum Gasteiger partial charge on any atom is -0.435 e. The molecule has 2 aromatic rings. The van der Waals surface area contributed by atoms with E-state index in [1.807, 2.05) is 41.5 Å². The van der Waals surface area contributed by atoms with Crippen LogP contribution in [-0.2, 0) is 6.42 Å². The fraction of sp³-hybridized carbons (Fsp3) is 0.625. The van der Waals surface area contributed by atoms with Crippen LogP contribution in [0.4, 0.5) is 8.78 Å². The molecule has 0 amide bonds. The molecule has 1 atom stereocenters. The maximum Gasteiger partial charge on any atom is 0.387 e. The van der Waals surface area contributed by atoms with Crippen molar-refractivity contribution in [2.75, 3.05) is 0 Å². The van der Waals surface area contributed by atoms with Crippen LogP contribution in [0.15, 0.2) is 34.9 Å². The van der Waals surface area contributed by atoms with Crippen molar-refractivity contribution < 1.29 is 13.5 Å². The van der Waals surface area contributed by atoms with E-state index < -0.39 is 6.61 Å². The average Bonchev–Trinajstić information content (AvgIpc) is 2.92. The fourth-order valence-electron chi connectivity index (χ4n) is 3.20. The maximum atomic E-state index is 12.0. The molecule has 7 heteroatoms. The van der Waals surface area contributed by atoms with Gasteiger partial charge in [0.1, 0.15) is 10.9 Å². The van der Waals surface area contributed by atoms with Crippen molar-refractivity contribution in [2.24, 2.45) is 5.92 Å². The van der Waals surface area contributed by atoms with E-state index in [0.29, 0.717) is 10.9 Å². The molecule has 1 aromatic heterocycles. The summed E-state index contributed by atoms with van der Waals surface area (Å²) in [5, 5.41) is 8.25. The fourth-order valence-corrected chi connectivity index (χ4v) is 3.82. The third kappa shape index (κ3) is 21.9. The Balaban J connectivity index is -0.000000482. The molecule has 0 aliphatic rings. The van der Waals surface area contributed by atoms with Crippen LogP contribution in [0.2, 0.25) is 5.15 Å². The van der Waals surface area contributed by atoms with E-state index in [9.17, 15) is 8.78 Å². The molecule has 1 heterocycles. The number of alkyl halides is 2. The maximum absolute atomic E-state index is 12.0. The summed E-state index contributed by atoms with van der Waals surface area (Å²) in [6.07, 6.45) is 10.6. The SMILES string of the molecule is CC.CC.CCCC(=N)c1cnc(Cl)cc1C.CCCCC(C)CC.CCCc1cc(Br)ccc1OC(F)F. The Morgan fingerprint density at radius 3 is 2.10 bits per heavy atom. The lowest BCUT2D eigenvalue weighted by Gasteiger charge is -2.10. The zero-order valence-corrected chi connectivity index (χ0v) is 28.4. The zero-order valence-electron chi connectivity index (χ0n) is 26.1. The molecule has 226 valence electrons. The first-order valence-electron chi connectivity index (χ1n) is 14.5. The number of nitrogens with zero attached hydrogens (tertiary/aromatic N) is 1. The van der Waals surface area contributed by atoms with Gasteiger partial charge in [0.15, 0.2) is 0 Å². The highest BCUT2D eigenvalue weighted by Crippen LogP contribution is 2.25. The van der Waals surface area contributed by atoms with E-state index in [2.05, 4.69) is 53.3 Å². The molecule has 3 nitrogen and oxygen atoms in total. The molecule has 2 rings (SSSR count). The zero-order chi connectivity index (χ0) is 30.8. The van der Waals surface area contributed by atoms with E-state index in [4.69, 9.17) is 17.0 Å². The lowest BCUT2D eigenvalue weighted by atomic mass is 10.0. The van der Waals surface area contributed by atoms with Crippen LogP contribution in [0.5, 0.6) is 5.75 Å². The molecule has 39 heavy (non-hydrogen) atoms. The molecule has 1 unspecified atom stereocenters. The molecule has 1 N–H and O–H groups in total. The predicted molar refractivity (Wildman–Crippen MR) is 172 cm³/mol. The third-order valence-electron chi connectivity index (χ3n) is 5.41. The van der Waals surface area contributed by atoms with Crippen molar-refractivity contribution in [1.82, 2.24) is 4.98 Å². The van der Waals surface area contributed by atoms with E-state index in [0.717, 1.165) is 52.8 Å². The number of halogens is 4. The molecule has 0 spiro atoms. The van der Waals surface area contributed by atoms with Gasteiger partial charge in [-0.1, -0.05) is 128 Å². The van der Waals surface area contributed by atoms with E-state index in [1.54, 1.807) is 30.5 Å². The molecule has 0 aliphatic carbocycles. The van der Waals surface area contributed by atoms with Gasteiger partial charge in [0, 0.05) is 21.9 Å². The number of hydrogen-bond donors (Lipinski definition) is 1. The largest absolute Gasteiger partial charge is 0.435 e. The molecule has 0 radical (unpaired) electrons. The van der Waals surface area contributed by atoms with Gasteiger partial charge in [-0.2, -0.15) is 8.78 Å². The lowest BCUT2D eigenvalue weighted by molar-refractivity contribution is -0.0504. The van der Waals surface area contributed by atoms with Crippen LogP contribution >= 0.6 is 27.5 Å². The highest BCUT2D eigenvalue weighted by Gasteiger charge is 2.09. The number of nitrogens with one attached hydrogen (secondary N) is 1. The van der Waals surface area contributed by atoms with E-state index >= 15 is 0 Å². The summed E-state index contributed by atoms with van der Waals surface area (Å²) in [6, 6.07) is 6.85. The summed E-state index contributed by atoms with van der Waals surface area (Å²) < 4.78 is 29.3. The van der Waals surface area contributed by atoms with Crippen LogP contribution in [0.25, 0.3) is 0 Å². The number of aromatic nitrogens is 1. The van der Waals surface area contributed by atoms with Gasteiger partial charge in [-0.15, -0.1) is 0 Å². The molecule has 1 aromatic carbocycles. The Morgan fingerprint density at radius 2 is 1.64 bits per heavy atom. The van der Waals surface area contributed by atoms with Crippen LogP contribution in [0, 0.1) is 18.3 Å². The lowest BCUT2D eigenvalue weighted by Crippen LogP contribution is -2.04. The van der Waals surface area contributed by atoms with E-state index in [1.165, 1.54) is 25.7 Å². The Bertz CT molecular complexity index is 866. The molecule has 0 saturated heterocycles. The number of pyridine rings is 1. The Labute approximate surface area is 252 Å². The molecule has 0 fully saturated rings. The first-order valence-corrected chi connectivity index (χ1v) is 15.7. The number of benzene rings is 1. The summed E-state index contributed by atoms with van der Waals surface area (Å²) in [6.45, 7) is 18.1. The van der Waals surface area contributed by atoms with Gasteiger partial charge >= 0.3 is 6.61 Å². The summed E-state index contributed by atoms with van der Waals surface area (Å²) in [7, 11) is 0. The predicted octanol–water partition coefficient (Wildman–Crippen LogP) is 12.5. The number of rotatable bonds is 11. The number of hydrogen-bond acceptors (Lipinski definition) is 3. The summed E-state index contributed by atoms with van der Waals surface area (Å²) in [5.41, 5.74) is 3.39. The van der Waals surface area contributed by atoms with Gasteiger partial charge in [0.2, 0.25) is 0 Å². The van der Waals surface area contributed by atoms with Crippen LogP contribution in [0.3, 0.4) is 0 Å². The van der Waals surface area contributed by atoms with Crippen molar-refractivity contribution in [2.45, 2.75) is 127 Å². The van der Waals surface area contributed by atoms with Gasteiger partial charge in [0.25, 0.3) is 0 Å². The first-order chi connectivity index (χ1) is 18.6. The minimum atomic E-state index is -2.76. The third-order valence-corrected chi connectivity index (χ3v) is 6.11. The second-order valence-corrected chi connectivity index (χ2v) is 9.89. The Kier molecular flexibility index (Phi) is 30.1. The molecule has 0 saturated carbocycles. The Hall–Kier alpha value is -1.53. The summed E-state index contributed by atoms with van der Waals surface area (Å²) >= 11 is 9.01. The first kappa shape index (κ1) is 41.9. The number of ether oxygens (including phenoxy) is 1. The standard InChI is InChI=1S/C10H11BrF2O.C10H13ClN2.C8H18.2C2H6/c1-2-3-7-6-8(11)4-5-9(7)14-10(12)13;1-3-4-9(12)8-6-13-10(11)5-7(8)2;1-4-6-7-8(3)5-2;2*1-2/h4-6,10H,2-3H2,1H3;5-6,12H,3-4H2,1-2H3;8H,4-7H2,1-3H3;2*1-2H3. The van der Waals surface area contributed by atoms with Gasteiger partial charge in [-0.25, -0.2) is 4.98 Å². The number of unbranched alkanes of at least 4 members (excludes halogenated alkanes) is 1. The second kappa shape index (κ2) is 28.0. The topological polar surface area (TPSA) is 46.0 Å². The second-order valence-electron chi connectivity index (χ2n) is 8.59. The van der Waals surface area contributed by atoms with Gasteiger partial charge in [-0.3, -0.25) is 0 Å².